The number of nitrogens with zero attached hydrogens (tertiary/aromatic N) is 1. The Labute approximate surface area is 121 Å². The summed E-state index contributed by atoms with van der Waals surface area (Å²) in [6.45, 7) is 0.174. The highest BCUT2D eigenvalue weighted by Crippen LogP contribution is 2.18. The molecule has 0 unspecified atom stereocenters. The van der Waals surface area contributed by atoms with E-state index in [0.717, 1.165) is 12.1 Å². The van der Waals surface area contributed by atoms with Gasteiger partial charge in [0.05, 0.1) is 12.3 Å². The summed E-state index contributed by atoms with van der Waals surface area (Å²) in [7, 11) is 3.64. The van der Waals surface area contributed by atoms with Crippen molar-refractivity contribution < 1.29 is 18.0 Å². The Balaban J connectivity index is 2.09. The second-order valence-electron chi connectivity index (χ2n) is 4.80. The van der Waals surface area contributed by atoms with E-state index in [4.69, 9.17) is 4.42 Å². The Bertz CT molecular complexity index is 592. The molecule has 0 saturated heterocycles. The topological polar surface area (TPSA) is 45.5 Å². The van der Waals surface area contributed by atoms with E-state index in [1.165, 1.54) is 12.3 Å². The third-order valence-electron chi connectivity index (χ3n) is 3.14. The lowest BCUT2D eigenvalue weighted by atomic mass is 10.1. The number of carbonyl (C=O) groups excluding carboxylic acids is 1. The van der Waals surface area contributed by atoms with Gasteiger partial charge in [-0.25, -0.2) is 8.78 Å². The summed E-state index contributed by atoms with van der Waals surface area (Å²) in [4.78, 5) is 13.8. The van der Waals surface area contributed by atoms with Gasteiger partial charge in [0.15, 0.2) is 0 Å². The van der Waals surface area contributed by atoms with Crippen LogP contribution in [-0.2, 0) is 0 Å². The van der Waals surface area contributed by atoms with Gasteiger partial charge in [0.25, 0.3) is 5.91 Å². The van der Waals surface area contributed by atoms with Gasteiger partial charge in [-0.3, -0.25) is 9.69 Å². The summed E-state index contributed by atoms with van der Waals surface area (Å²) >= 11 is 0. The maximum Gasteiger partial charge on any atom is 0.257 e. The van der Waals surface area contributed by atoms with Crippen LogP contribution in [0.5, 0.6) is 0 Å². The number of nitrogens with one attached hydrogen (secondary N) is 1. The summed E-state index contributed by atoms with van der Waals surface area (Å²) in [5.74, 6) is -1.89. The van der Waals surface area contributed by atoms with Crippen LogP contribution in [0.3, 0.4) is 0 Å². The summed E-state index contributed by atoms with van der Waals surface area (Å²) in [6, 6.07) is 6.61. The molecule has 0 saturated carbocycles. The van der Waals surface area contributed by atoms with Crippen molar-refractivity contribution in [2.45, 2.75) is 6.04 Å². The predicted molar refractivity (Wildman–Crippen MR) is 73.8 cm³/mol. The third-order valence-corrected chi connectivity index (χ3v) is 3.14. The zero-order valence-electron chi connectivity index (χ0n) is 11.8. The number of amides is 1. The fraction of sp³-hybridized carbons (Fsp3) is 0.267. The van der Waals surface area contributed by atoms with Crippen molar-refractivity contribution in [3.63, 3.8) is 0 Å². The Morgan fingerprint density at radius 3 is 2.43 bits per heavy atom. The molecule has 0 spiro atoms. The van der Waals surface area contributed by atoms with Crippen LogP contribution in [-0.4, -0.2) is 31.4 Å². The first-order valence-corrected chi connectivity index (χ1v) is 6.42. The molecule has 0 aliphatic heterocycles. The molecule has 1 amide bonds. The maximum absolute atomic E-state index is 13.5. The smallest absolute Gasteiger partial charge is 0.257 e. The molecule has 1 heterocycles. The van der Waals surface area contributed by atoms with E-state index in [2.05, 4.69) is 5.32 Å². The van der Waals surface area contributed by atoms with E-state index >= 15 is 0 Å². The monoisotopic (exact) mass is 294 g/mol. The van der Waals surface area contributed by atoms with Gasteiger partial charge in [0, 0.05) is 6.54 Å². The molecule has 6 heteroatoms. The zero-order chi connectivity index (χ0) is 15.4. The lowest BCUT2D eigenvalue weighted by Crippen LogP contribution is -2.35. The molecule has 0 aliphatic rings. The van der Waals surface area contributed by atoms with Gasteiger partial charge in [-0.15, -0.1) is 0 Å². The molecule has 1 aromatic carbocycles. The van der Waals surface area contributed by atoms with Crippen molar-refractivity contribution in [1.82, 2.24) is 10.2 Å². The molecule has 0 radical (unpaired) electrons. The minimum absolute atomic E-state index is 0.174. The van der Waals surface area contributed by atoms with Crippen molar-refractivity contribution >= 4 is 5.91 Å². The van der Waals surface area contributed by atoms with Crippen LogP contribution in [0.15, 0.2) is 41.0 Å². The number of likely N-dealkylation sites (N-methyl/N-ethyl adjacent to an activating group) is 1. The summed E-state index contributed by atoms with van der Waals surface area (Å²) in [5, 5.41) is 2.53. The summed E-state index contributed by atoms with van der Waals surface area (Å²) in [6.07, 6.45) is 1.53. The van der Waals surface area contributed by atoms with Crippen LogP contribution in [0.25, 0.3) is 0 Å². The standard InChI is InChI=1S/C15H16F2N2O2/c1-19(2)12(13-7-4-8-21-13)9-18-15(20)14-10(16)5-3-6-11(14)17/h3-8,12H,9H2,1-2H3,(H,18,20)/t12-/m0/s1. The number of hydrogen-bond donors (Lipinski definition) is 1. The number of furan rings is 1. The number of benzene rings is 1. The van der Waals surface area contributed by atoms with E-state index in [1.54, 1.807) is 12.1 Å². The summed E-state index contributed by atoms with van der Waals surface area (Å²) in [5.41, 5.74) is -0.575. The van der Waals surface area contributed by atoms with Gasteiger partial charge >= 0.3 is 0 Å². The zero-order valence-corrected chi connectivity index (χ0v) is 11.8. The van der Waals surface area contributed by atoms with Gasteiger partial charge in [-0.2, -0.15) is 0 Å². The predicted octanol–water partition coefficient (Wildman–Crippen LogP) is 2.59. The van der Waals surface area contributed by atoms with E-state index in [9.17, 15) is 13.6 Å². The normalized spacial score (nSPS) is 12.4. The van der Waals surface area contributed by atoms with E-state index in [1.807, 2.05) is 19.0 Å². The first-order valence-electron chi connectivity index (χ1n) is 6.42. The average molecular weight is 294 g/mol. The number of hydrogen-bond acceptors (Lipinski definition) is 3. The van der Waals surface area contributed by atoms with Crippen molar-refractivity contribution in [1.29, 1.82) is 0 Å². The third kappa shape index (κ3) is 3.46. The number of halogens is 2. The van der Waals surface area contributed by atoms with Crippen molar-refractivity contribution in [2.75, 3.05) is 20.6 Å². The minimum Gasteiger partial charge on any atom is -0.468 e. The Kier molecular flexibility index (Phi) is 4.70. The molecule has 4 nitrogen and oxygen atoms in total. The van der Waals surface area contributed by atoms with Gasteiger partial charge in [0.2, 0.25) is 0 Å². The molecular formula is C15H16F2N2O2. The molecule has 1 aromatic heterocycles. The largest absolute Gasteiger partial charge is 0.468 e. The van der Waals surface area contributed by atoms with E-state index in [0.29, 0.717) is 5.76 Å². The Hall–Kier alpha value is -2.21. The molecule has 1 N–H and O–H groups in total. The fourth-order valence-electron chi connectivity index (χ4n) is 2.01. The van der Waals surface area contributed by atoms with Crippen molar-refractivity contribution in [3.05, 3.63) is 59.6 Å². The lowest BCUT2D eigenvalue weighted by Gasteiger charge is -2.22. The minimum atomic E-state index is -0.882. The molecule has 112 valence electrons. The number of rotatable bonds is 5. The second kappa shape index (κ2) is 6.49. The highest BCUT2D eigenvalue weighted by Gasteiger charge is 2.21. The molecule has 0 aliphatic carbocycles. The van der Waals surface area contributed by atoms with E-state index < -0.39 is 23.1 Å². The molecule has 0 fully saturated rings. The van der Waals surface area contributed by atoms with E-state index in [-0.39, 0.29) is 12.6 Å². The first-order chi connectivity index (χ1) is 10.0. The molecule has 21 heavy (non-hydrogen) atoms. The van der Waals surface area contributed by atoms with Gasteiger partial charge in [0.1, 0.15) is 23.0 Å². The molecule has 2 aromatic rings. The Morgan fingerprint density at radius 1 is 1.24 bits per heavy atom. The molecular weight excluding hydrogens is 278 g/mol. The highest BCUT2D eigenvalue weighted by atomic mass is 19.1. The first kappa shape index (κ1) is 15.2. The number of carbonyl (C=O) groups is 1. The van der Waals surface area contributed by atoms with Crippen LogP contribution >= 0.6 is 0 Å². The maximum atomic E-state index is 13.5. The van der Waals surface area contributed by atoms with Gasteiger partial charge in [-0.05, 0) is 38.4 Å². The molecule has 2 rings (SSSR count). The van der Waals surface area contributed by atoms with Gasteiger partial charge < -0.3 is 9.73 Å². The summed E-state index contributed by atoms with van der Waals surface area (Å²) < 4.78 is 32.4. The highest BCUT2D eigenvalue weighted by molar-refractivity contribution is 5.94. The Morgan fingerprint density at radius 2 is 1.90 bits per heavy atom. The SMILES string of the molecule is CN(C)[C@@H](CNC(=O)c1c(F)cccc1F)c1ccco1. The van der Waals surface area contributed by atoms with Crippen LogP contribution < -0.4 is 5.32 Å². The van der Waals surface area contributed by atoms with Crippen LogP contribution in [0.1, 0.15) is 22.2 Å². The van der Waals surface area contributed by atoms with Crippen LogP contribution in [0.2, 0.25) is 0 Å². The van der Waals surface area contributed by atoms with Gasteiger partial charge in [-0.1, -0.05) is 6.07 Å². The average Bonchev–Trinajstić information content (AvgIpc) is 2.92. The molecule has 1 atom stereocenters. The molecule has 0 bridgehead atoms. The van der Waals surface area contributed by atoms with Crippen LogP contribution in [0, 0.1) is 11.6 Å². The lowest BCUT2D eigenvalue weighted by molar-refractivity contribution is 0.0930. The van der Waals surface area contributed by atoms with Crippen LogP contribution in [0.4, 0.5) is 8.78 Å². The second-order valence-corrected chi connectivity index (χ2v) is 4.80. The fourth-order valence-corrected chi connectivity index (χ4v) is 2.01. The van der Waals surface area contributed by atoms with Crippen molar-refractivity contribution in [2.24, 2.45) is 0 Å². The quantitative estimate of drug-likeness (QED) is 0.922. The van der Waals surface area contributed by atoms with Crippen molar-refractivity contribution in [3.8, 4) is 0 Å².